The summed E-state index contributed by atoms with van der Waals surface area (Å²) < 4.78 is 0. The van der Waals surface area contributed by atoms with E-state index in [2.05, 4.69) is 13.2 Å². The molecule has 0 unspecified atom stereocenters. The van der Waals surface area contributed by atoms with Crippen LogP contribution in [0.4, 0.5) is 0 Å². The molecule has 0 saturated heterocycles. The Morgan fingerprint density at radius 2 is 1.21 bits per heavy atom. The molecule has 6 heteroatoms. The van der Waals surface area contributed by atoms with Crippen LogP contribution in [0.2, 0.25) is 0 Å². The lowest BCUT2D eigenvalue weighted by molar-refractivity contribution is -0.122. The van der Waals surface area contributed by atoms with E-state index < -0.39 is 5.91 Å². The number of fused-ring (bicyclic) bond motifs is 7. The van der Waals surface area contributed by atoms with Crippen LogP contribution in [-0.2, 0) is 9.59 Å². The Labute approximate surface area is 195 Å². The Hall–Kier alpha value is -4.32. The van der Waals surface area contributed by atoms with Gasteiger partial charge in [0.05, 0.1) is 0 Å². The van der Waals surface area contributed by atoms with E-state index in [1.54, 1.807) is 25.1 Å². The van der Waals surface area contributed by atoms with Gasteiger partial charge in [-0.15, -0.1) is 0 Å². The average Bonchev–Trinajstić information content (AvgIpc) is 2.84. The number of carbonyl (C=O) groups is 4. The van der Waals surface area contributed by atoms with Crippen LogP contribution >= 0.6 is 0 Å². The van der Waals surface area contributed by atoms with Gasteiger partial charge in [0.2, 0.25) is 0 Å². The minimum atomic E-state index is -0.409. The van der Waals surface area contributed by atoms with E-state index in [1.807, 2.05) is 19.1 Å². The summed E-state index contributed by atoms with van der Waals surface area (Å²) in [6.07, 6.45) is 3.18. The Morgan fingerprint density at radius 1 is 0.676 bits per heavy atom. The molecule has 0 saturated carbocycles. The average molecular weight is 450 g/mol. The van der Waals surface area contributed by atoms with Gasteiger partial charge in [-0.2, -0.15) is 0 Å². The molecule has 0 fully saturated rings. The summed E-state index contributed by atoms with van der Waals surface area (Å²) in [7, 11) is 2.94. The number of nitrogens with zero attached hydrogens (tertiary/aromatic N) is 2. The molecular weight excluding hydrogens is 428 g/mol. The lowest BCUT2D eigenvalue weighted by Crippen LogP contribution is -2.43. The molecular formula is C28H22N2O4. The number of amides is 4. The summed E-state index contributed by atoms with van der Waals surface area (Å²) in [6.45, 7) is 11.5. The quantitative estimate of drug-likeness (QED) is 0.445. The van der Waals surface area contributed by atoms with Crippen molar-refractivity contribution in [3.63, 3.8) is 0 Å². The molecule has 2 heterocycles. The van der Waals surface area contributed by atoms with E-state index in [-0.39, 0.29) is 17.7 Å². The van der Waals surface area contributed by atoms with Crippen molar-refractivity contribution in [2.75, 3.05) is 14.1 Å². The first kappa shape index (κ1) is 21.5. The number of rotatable bonds is 2. The number of hydrogen-bond acceptors (Lipinski definition) is 4. The summed E-state index contributed by atoms with van der Waals surface area (Å²) in [5.74, 6) is -1.48. The van der Waals surface area contributed by atoms with Crippen molar-refractivity contribution in [3.8, 4) is 0 Å². The molecule has 3 aromatic carbocycles. The Kier molecular flexibility index (Phi) is 4.49. The molecule has 0 N–H and O–H groups in total. The molecule has 0 bridgehead atoms. The standard InChI is InChI=1S/C28H22N2O4/c1-7-15-13(3)21-17(9-12-20-24(21)16(8-2)26(32)30(6)28(20)34)18-10-11-19-22(23(15)18)14(4)25(31)29(5)27(19)33/h7-12H,1-2H2,3-6H3. The molecule has 0 atom stereocenters. The van der Waals surface area contributed by atoms with Gasteiger partial charge in [-0.05, 0) is 58.7 Å². The second-order valence-corrected chi connectivity index (χ2v) is 8.65. The highest BCUT2D eigenvalue weighted by Crippen LogP contribution is 2.33. The van der Waals surface area contributed by atoms with E-state index in [9.17, 15) is 19.2 Å². The third kappa shape index (κ3) is 2.45. The maximum Gasteiger partial charge on any atom is 0.261 e. The van der Waals surface area contributed by atoms with Crippen LogP contribution in [0.25, 0.3) is 38.8 Å². The molecule has 3 aromatic rings. The second kappa shape index (κ2) is 7.09. The molecule has 0 spiro atoms. The largest absolute Gasteiger partial charge is 0.278 e. The van der Waals surface area contributed by atoms with Crippen molar-refractivity contribution in [3.05, 3.63) is 76.2 Å². The van der Waals surface area contributed by atoms with Crippen LogP contribution in [0.1, 0.15) is 38.8 Å². The van der Waals surface area contributed by atoms with Crippen LogP contribution < -0.4 is 10.4 Å². The smallest absolute Gasteiger partial charge is 0.261 e. The molecule has 0 radical (unpaired) electrons. The Balaban J connectivity index is 2.14. The van der Waals surface area contributed by atoms with E-state index in [1.165, 1.54) is 20.2 Å². The lowest BCUT2D eigenvalue weighted by Gasteiger charge is -2.26. The number of benzene rings is 3. The maximum atomic E-state index is 13.0. The molecule has 2 aliphatic heterocycles. The first-order valence-electron chi connectivity index (χ1n) is 10.8. The predicted octanol–water partition coefficient (Wildman–Crippen LogP) is 2.68. The lowest BCUT2D eigenvalue weighted by atomic mass is 9.84. The van der Waals surface area contributed by atoms with E-state index >= 15 is 0 Å². The van der Waals surface area contributed by atoms with E-state index in [0.717, 1.165) is 42.5 Å². The normalized spacial score (nSPS) is 15.9. The molecule has 2 aliphatic rings. The van der Waals surface area contributed by atoms with E-state index in [0.29, 0.717) is 32.7 Å². The van der Waals surface area contributed by atoms with Gasteiger partial charge in [-0.25, -0.2) is 0 Å². The third-order valence-electron chi connectivity index (χ3n) is 7.03. The summed E-state index contributed by atoms with van der Waals surface area (Å²) >= 11 is 0. The highest BCUT2D eigenvalue weighted by atomic mass is 16.2. The van der Waals surface area contributed by atoms with Gasteiger partial charge in [0.15, 0.2) is 0 Å². The predicted molar refractivity (Wildman–Crippen MR) is 132 cm³/mol. The van der Waals surface area contributed by atoms with Crippen LogP contribution in [0.3, 0.4) is 0 Å². The highest BCUT2D eigenvalue weighted by Gasteiger charge is 2.32. The first-order valence-corrected chi connectivity index (χ1v) is 10.8. The topological polar surface area (TPSA) is 74.8 Å². The van der Waals surface area contributed by atoms with Gasteiger partial charge in [-0.3, -0.25) is 29.0 Å². The van der Waals surface area contributed by atoms with Crippen molar-refractivity contribution in [1.82, 2.24) is 9.80 Å². The van der Waals surface area contributed by atoms with Gasteiger partial charge in [0.25, 0.3) is 23.6 Å². The van der Waals surface area contributed by atoms with Crippen LogP contribution in [0.5, 0.6) is 0 Å². The molecule has 0 aliphatic carbocycles. The number of aryl methyl sites for hydroxylation is 1. The van der Waals surface area contributed by atoms with Crippen molar-refractivity contribution in [1.29, 1.82) is 0 Å². The summed E-state index contributed by atoms with van der Waals surface area (Å²) in [5.41, 5.74) is 3.27. The molecule has 4 amide bonds. The van der Waals surface area contributed by atoms with Crippen LogP contribution in [0, 0.1) is 6.92 Å². The molecule has 168 valence electrons. The molecule has 5 rings (SSSR count). The third-order valence-corrected chi connectivity index (χ3v) is 7.03. The fourth-order valence-corrected chi connectivity index (χ4v) is 5.31. The zero-order valence-electron chi connectivity index (χ0n) is 19.4. The minimum absolute atomic E-state index is 0.343. The number of imide groups is 2. The van der Waals surface area contributed by atoms with Crippen LogP contribution in [0.15, 0.2) is 43.5 Å². The van der Waals surface area contributed by atoms with Gasteiger partial charge >= 0.3 is 0 Å². The SMILES string of the molecule is C=CC1=c2c(ccc3c2c(C)c(C=C)c2c4c(ccc23)C(=O)N(C)C(=O)C=4C)C(=O)N(C)C1=O. The number of carbonyl (C=O) groups excluding carboxylic acids is 4. The van der Waals surface area contributed by atoms with Gasteiger partial charge < -0.3 is 0 Å². The fraction of sp³-hybridized carbons (Fsp3) is 0.143. The van der Waals surface area contributed by atoms with Gasteiger partial charge in [0, 0.05) is 46.8 Å². The van der Waals surface area contributed by atoms with Gasteiger partial charge in [-0.1, -0.05) is 37.4 Å². The molecule has 0 aromatic heterocycles. The van der Waals surface area contributed by atoms with Crippen molar-refractivity contribution in [2.24, 2.45) is 0 Å². The monoisotopic (exact) mass is 450 g/mol. The fourth-order valence-electron chi connectivity index (χ4n) is 5.31. The zero-order valence-corrected chi connectivity index (χ0v) is 19.4. The second-order valence-electron chi connectivity index (χ2n) is 8.65. The zero-order chi connectivity index (χ0) is 24.6. The van der Waals surface area contributed by atoms with E-state index in [4.69, 9.17) is 0 Å². The Morgan fingerprint density at radius 3 is 1.76 bits per heavy atom. The summed E-state index contributed by atoms with van der Waals surface area (Å²) in [6, 6.07) is 7.17. The highest BCUT2D eigenvalue weighted by molar-refractivity contribution is 6.30. The number of hydrogen-bond donors (Lipinski definition) is 0. The van der Waals surface area contributed by atoms with Crippen LogP contribution in [-0.4, -0.2) is 47.5 Å². The van der Waals surface area contributed by atoms with Gasteiger partial charge in [0.1, 0.15) is 0 Å². The Bertz CT molecular complexity index is 1710. The van der Waals surface area contributed by atoms with Crippen molar-refractivity contribution in [2.45, 2.75) is 13.8 Å². The molecule has 34 heavy (non-hydrogen) atoms. The van der Waals surface area contributed by atoms with Crippen molar-refractivity contribution < 1.29 is 19.2 Å². The summed E-state index contributed by atoms with van der Waals surface area (Å²) in [4.78, 5) is 53.8. The summed E-state index contributed by atoms with van der Waals surface area (Å²) in [5, 5.41) is 4.29. The van der Waals surface area contributed by atoms with Crippen molar-refractivity contribution >= 4 is 62.4 Å². The maximum absolute atomic E-state index is 13.0. The molecule has 6 nitrogen and oxygen atoms in total. The first-order chi connectivity index (χ1) is 16.1. The minimum Gasteiger partial charge on any atom is -0.278 e.